The van der Waals surface area contributed by atoms with E-state index in [9.17, 15) is 23.5 Å². The Labute approximate surface area is 217 Å². The first-order valence-corrected chi connectivity index (χ1v) is 12.5. The van der Waals surface area contributed by atoms with Crippen molar-refractivity contribution in [3.8, 4) is 23.1 Å². The number of halogens is 2. The molecule has 3 heterocycles. The molecule has 0 radical (unpaired) electrons. The highest BCUT2D eigenvalue weighted by molar-refractivity contribution is 5.96. The summed E-state index contributed by atoms with van der Waals surface area (Å²) in [5.74, 6) is -1.97. The number of aromatic hydroxyl groups is 1. The second kappa shape index (κ2) is 10.4. The van der Waals surface area contributed by atoms with Gasteiger partial charge in [0.2, 0.25) is 5.88 Å². The fourth-order valence-corrected chi connectivity index (χ4v) is 4.98. The second-order valence-corrected chi connectivity index (χ2v) is 9.62. The zero-order valence-corrected chi connectivity index (χ0v) is 21.1. The van der Waals surface area contributed by atoms with Crippen LogP contribution in [-0.2, 0) is 6.42 Å². The van der Waals surface area contributed by atoms with Gasteiger partial charge in [0.25, 0.3) is 11.5 Å². The van der Waals surface area contributed by atoms with E-state index >= 15 is 0 Å². The number of ether oxygens (including phenoxy) is 2. The maximum atomic E-state index is 14.3. The van der Waals surface area contributed by atoms with Crippen LogP contribution in [0.1, 0.15) is 53.5 Å². The zero-order chi connectivity index (χ0) is 27.0. The summed E-state index contributed by atoms with van der Waals surface area (Å²) >= 11 is 0. The molecule has 0 bridgehead atoms. The lowest BCUT2D eigenvalue weighted by Crippen LogP contribution is -2.37. The average Bonchev–Trinajstić information content (AvgIpc) is 3.61. The molecule has 2 aliphatic rings. The molecule has 2 aromatic heterocycles. The average molecular weight is 527 g/mol. The molecule has 1 saturated heterocycles. The number of para-hydroxylation sites is 1. The summed E-state index contributed by atoms with van der Waals surface area (Å²) in [5, 5.41) is 10.8. The molecule has 200 valence electrons. The van der Waals surface area contributed by atoms with E-state index in [1.807, 2.05) is 0 Å². The van der Waals surface area contributed by atoms with Crippen LogP contribution in [0.5, 0.6) is 17.4 Å². The van der Waals surface area contributed by atoms with Gasteiger partial charge in [0, 0.05) is 31.5 Å². The number of aryl methyl sites for hydroxylation is 1. The van der Waals surface area contributed by atoms with Crippen molar-refractivity contribution in [3.05, 3.63) is 69.5 Å². The van der Waals surface area contributed by atoms with Gasteiger partial charge in [-0.3, -0.25) is 19.1 Å². The van der Waals surface area contributed by atoms with E-state index in [2.05, 4.69) is 9.97 Å². The molecule has 1 aliphatic heterocycles. The summed E-state index contributed by atoms with van der Waals surface area (Å²) in [6.07, 6.45) is 4.68. The molecule has 11 heteroatoms. The normalized spacial score (nSPS) is 17.1. The number of rotatable bonds is 8. The smallest absolute Gasteiger partial charge is 0.275 e. The Morgan fingerprint density at radius 2 is 1.87 bits per heavy atom. The number of nitrogens with zero attached hydrogens (tertiary/aromatic N) is 4. The topological polar surface area (TPSA) is 107 Å². The van der Waals surface area contributed by atoms with E-state index in [0.717, 1.165) is 31.5 Å². The van der Waals surface area contributed by atoms with Gasteiger partial charge in [0.1, 0.15) is 34.6 Å². The fraction of sp³-hybridized carbons (Fsp3) is 0.407. The highest BCUT2D eigenvalue weighted by atomic mass is 19.1. The molecule has 3 aromatic rings. The second-order valence-electron chi connectivity index (χ2n) is 9.62. The first-order chi connectivity index (χ1) is 18.3. The first-order valence-electron chi connectivity index (χ1n) is 12.5. The van der Waals surface area contributed by atoms with Gasteiger partial charge in [-0.1, -0.05) is 18.9 Å². The molecule has 9 nitrogen and oxygen atoms in total. The molecule has 1 saturated carbocycles. The van der Waals surface area contributed by atoms with Crippen molar-refractivity contribution in [2.24, 2.45) is 5.92 Å². The molecule has 1 N–H and O–H groups in total. The van der Waals surface area contributed by atoms with Crippen molar-refractivity contribution < 1.29 is 28.2 Å². The molecule has 1 aliphatic carbocycles. The van der Waals surface area contributed by atoms with Crippen molar-refractivity contribution in [1.29, 1.82) is 0 Å². The van der Waals surface area contributed by atoms with Crippen molar-refractivity contribution in [2.75, 3.05) is 27.3 Å². The third-order valence-electron chi connectivity index (χ3n) is 7.14. The van der Waals surface area contributed by atoms with Gasteiger partial charge in [-0.25, -0.2) is 8.78 Å². The van der Waals surface area contributed by atoms with Gasteiger partial charge in [-0.15, -0.1) is 0 Å². The molecule has 38 heavy (non-hydrogen) atoms. The quantitative estimate of drug-likeness (QED) is 0.478. The van der Waals surface area contributed by atoms with Crippen molar-refractivity contribution >= 4 is 5.91 Å². The number of hydrogen-bond donors (Lipinski definition) is 1. The summed E-state index contributed by atoms with van der Waals surface area (Å²) in [6.45, 7) is 0.247. The Morgan fingerprint density at radius 1 is 1.16 bits per heavy atom. The van der Waals surface area contributed by atoms with E-state index in [4.69, 9.17) is 9.47 Å². The minimum Gasteiger partial charge on any atom is -0.494 e. The third-order valence-corrected chi connectivity index (χ3v) is 7.14. The van der Waals surface area contributed by atoms with E-state index in [0.29, 0.717) is 30.3 Å². The number of amides is 1. The third kappa shape index (κ3) is 4.80. The Balaban J connectivity index is 1.55. The van der Waals surface area contributed by atoms with Crippen molar-refractivity contribution in [1.82, 2.24) is 19.4 Å². The van der Waals surface area contributed by atoms with Crippen LogP contribution in [-0.4, -0.2) is 57.8 Å². The number of benzene rings is 1. The molecule has 1 aromatic carbocycles. The van der Waals surface area contributed by atoms with Gasteiger partial charge < -0.3 is 19.5 Å². The Bertz CT molecular complexity index is 1420. The lowest BCUT2D eigenvalue weighted by molar-refractivity contribution is 0.0784. The lowest BCUT2D eigenvalue weighted by Gasteiger charge is -2.21. The van der Waals surface area contributed by atoms with Gasteiger partial charge >= 0.3 is 0 Å². The molecule has 2 fully saturated rings. The van der Waals surface area contributed by atoms with Gasteiger partial charge in [0.15, 0.2) is 5.56 Å². The van der Waals surface area contributed by atoms with E-state index < -0.39 is 40.5 Å². The number of carbonyl (C=O) groups excluding carboxylic acids is 1. The Morgan fingerprint density at radius 3 is 2.50 bits per heavy atom. The minimum absolute atomic E-state index is 0.0503. The van der Waals surface area contributed by atoms with E-state index in [1.165, 1.54) is 23.7 Å². The van der Waals surface area contributed by atoms with Crippen LogP contribution >= 0.6 is 0 Å². The largest absolute Gasteiger partial charge is 0.494 e. The number of likely N-dealkylation sites (tertiary alicyclic amines) is 1. The van der Waals surface area contributed by atoms with E-state index in [1.54, 1.807) is 18.2 Å². The maximum Gasteiger partial charge on any atom is 0.275 e. The van der Waals surface area contributed by atoms with Crippen molar-refractivity contribution in [3.63, 3.8) is 0 Å². The summed E-state index contributed by atoms with van der Waals surface area (Å²) in [4.78, 5) is 37.0. The number of methoxy groups -OCH3 is 2. The summed E-state index contributed by atoms with van der Waals surface area (Å²) < 4.78 is 39.9. The lowest BCUT2D eigenvalue weighted by atomic mass is 10.0. The predicted octanol–water partition coefficient (Wildman–Crippen LogP) is 3.60. The molecule has 5 rings (SSSR count). The van der Waals surface area contributed by atoms with E-state index in [-0.39, 0.29) is 30.3 Å². The highest BCUT2D eigenvalue weighted by Crippen LogP contribution is 2.36. The van der Waals surface area contributed by atoms with Gasteiger partial charge in [-0.05, 0) is 30.9 Å². The van der Waals surface area contributed by atoms with Crippen LogP contribution in [0, 0.1) is 17.6 Å². The first kappa shape index (κ1) is 25.6. The Kier molecular flexibility index (Phi) is 7.00. The summed E-state index contributed by atoms with van der Waals surface area (Å²) in [5.41, 5.74) is -0.922. The fourth-order valence-electron chi connectivity index (χ4n) is 4.98. The molecular weight excluding hydrogens is 498 g/mol. The van der Waals surface area contributed by atoms with Crippen LogP contribution in [0.25, 0.3) is 5.69 Å². The van der Waals surface area contributed by atoms with Gasteiger partial charge in [-0.2, -0.15) is 4.98 Å². The van der Waals surface area contributed by atoms with Crippen LogP contribution in [0.4, 0.5) is 8.78 Å². The van der Waals surface area contributed by atoms with Crippen LogP contribution in [0.3, 0.4) is 0 Å². The van der Waals surface area contributed by atoms with Crippen LogP contribution in [0.2, 0.25) is 0 Å². The number of hydrogen-bond acceptors (Lipinski definition) is 7. The molecule has 1 amide bonds. The standard InChI is InChI=1S/C27H28F2N4O5/c1-37-19-4-3-5-20(38-2)24(19)33-21(9-8-15-6-7-15)31-25(34)22(27(33)36)26(35)32-11-10-16(14-32)23-18(29)12-17(28)13-30-23/h3-5,12-13,15-16,34H,6-11,14H2,1-2H3. The monoisotopic (exact) mass is 526 g/mol. The molecule has 1 unspecified atom stereocenters. The molecule has 1 atom stereocenters. The highest BCUT2D eigenvalue weighted by Gasteiger charge is 2.35. The SMILES string of the molecule is COc1cccc(OC)c1-n1c(CCC2CC2)nc(O)c(C(=O)N2CCC(c3ncc(F)cc3F)C2)c1=O. The van der Waals surface area contributed by atoms with Gasteiger partial charge in [0.05, 0.1) is 26.1 Å². The summed E-state index contributed by atoms with van der Waals surface area (Å²) in [6, 6.07) is 5.79. The minimum atomic E-state index is -0.792. The number of carbonyl (C=O) groups is 1. The molecule has 0 spiro atoms. The maximum absolute atomic E-state index is 14.3. The zero-order valence-electron chi connectivity index (χ0n) is 21.1. The Hall–Kier alpha value is -4.02. The van der Waals surface area contributed by atoms with Crippen LogP contribution in [0.15, 0.2) is 35.3 Å². The predicted molar refractivity (Wildman–Crippen MR) is 133 cm³/mol. The molecular formula is C27H28F2N4O5. The summed E-state index contributed by atoms with van der Waals surface area (Å²) in [7, 11) is 2.92. The number of aromatic nitrogens is 3. The van der Waals surface area contributed by atoms with Crippen molar-refractivity contribution in [2.45, 2.75) is 38.0 Å². The van der Waals surface area contributed by atoms with Crippen LogP contribution < -0.4 is 15.0 Å². The number of pyridine rings is 1.